The predicted molar refractivity (Wildman–Crippen MR) is 428 cm³/mol. The molecule has 1 aromatic carbocycles. The third-order valence-electron chi connectivity index (χ3n) is 22.6. The summed E-state index contributed by atoms with van der Waals surface area (Å²) in [5.74, 6) is 4.19. The van der Waals surface area contributed by atoms with Gasteiger partial charge in [0.25, 0.3) is 0 Å². The average molecular weight is 1410 g/mol. The number of amides is 1. The molecule has 0 aliphatic carbocycles. The Kier molecular flexibility index (Phi) is 43.7. The van der Waals surface area contributed by atoms with Crippen molar-refractivity contribution in [1.29, 1.82) is 5.26 Å². The fourth-order valence-corrected chi connectivity index (χ4v) is 14.6. The number of hydrogen-bond acceptors (Lipinski definition) is 10. The fourth-order valence-electron chi connectivity index (χ4n) is 14.6. The molecule has 1 amide bonds. The number of likely N-dealkylation sites (tertiary alicyclic amines) is 5. The number of aromatic nitrogens is 1. The molecule has 6 fully saturated rings. The Morgan fingerprint density at radius 3 is 1.18 bits per heavy atom. The quantitative estimate of drug-likeness (QED) is 0.248. The van der Waals surface area contributed by atoms with Crippen LogP contribution in [0.25, 0.3) is 0 Å². The number of aryl methyl sites for hydroxylation is 1. The molecule has 2 aromatic rings. The van der Waals surface area contributed by atoms with Crippen LogP contribution in [0, 0.1) is 92.0 Å². The normalized spacial score (nSPS) is 19.4. The van der Waals surface area contributed by atoms with Gasteiger partial charge in [0.1, 0.15) is 11.6 Å². The van der Waals surface area contributed by atoms with Gasteiger partial charge in [0.2, 0.25) is 5.91 Å². The van der Waals surface area contributed by atoms with E-state index in [1.807, 2.05) is 38.1 Å². The van der Waals surface area contributed by atoms with E-state index in [1.165, 1.54) is 198 Å². The second kappa shape index (κ2) is 46.1. The van der Waals surface area contributed by atoms with Crippen LogP contribution < -0.4 is 0 Å². The summed E-state index contributed by atoms with van der Waals surface area (Å²) in [6.45, 7) is 83.4. The molecule has 0 bridgehead atoms. The van der Waals surface area contributed by atoms with Crippen molar-refractivity contribution in [3.63, 3.8) is 0 Å². The summed E-state index contributed by atoms with van der Waals surface area (Å²) in [4.78, 5) is 32.1. The number of rotatable bonds is 10. The Labute approximate surface area is 618 Å². The van der Waals surface area contributed by atoms with Crippen molar-refractivity contribution in [1.82, 2.24) is 39.3 Å². The number of β-amino-alcohol motifs (C(OH)–C–C–N with tert-alkyl or cyclic N) is 1. The molecular weight excluding hydrogens is 1240 g/mol. The van der Waals surface area contributed by atoms with Crippen LogP contribution in [-0.2, 0) is 10.2 Å². The number of pyridine rings is 1. The number of piperidine rings is 5. The third-order valence-corrected chi connectivity index (χ3v) is 22.6. The van der Waals surface area contributed by atoms with Gasteiger partial charge >= 0.3 is 0 Å². The highest BCUT2D eigenvalue weighted by molar-refractivity contribution is 5.73. The SMILES string of the molecule is CC(=O)N1CCC(C(C)(C)C)CC1.CC(C)(C)C1CCN(CCC#N)CC1.CC(C)(C)C1CCN(CCO)CC1.CC(C)(C)c1cc(F)cc(F)c1.CCCN1CCC(C(C)(C)C)CC1.CCN1CCN(CCC(C)(C)C)CC1.CN1CCC(C(C)(C)C)CC1.Cc1ccncc1C(C)C. The molecule has 0 spiro atoms. The number of carbonyl (C=O) groups excluding carboxylic acids is 1. The van der Waals surface area contributed by atoms with Crippen molar-refractivity contribution in [3.8, 4) is 6.07 Å². The van der Waals surface area contributed by atoms with Crippen LogP contribution in [0.4, 0.5) is 8.78 Å². The van der Waals surface area contributed by atoms with Crippen LogP contribution in [-0.4, -0.2) is 188 Å². The van der Waals surface area contributed by atoms with E-state index in [9.17, 15) is 13.6 Å². The minimum atomic E-state index is -0.514. The standard InChI is InChI=1S/C12H22N2.C12H26N2.C12H25N.C11H21NO.C11H23NO.C10H12F2.C10H21N.C9H13N/c1-12(2,3)11-5-9-14(10-6-11)8-4-7-13;1-5-13-8-10-14(11-9-13)7-6-12(2,3)4;1-5-8-13-9-6-11(7-10-13)12(2,3)4;1-9(13)12-7-5-10(6-8-12)11(2,3)4;1-11(2,3)10-4-6-12(7-5-10)8-9-13;1-10(2,3)7-4-8(11)6-9(12)5-7;1-10(2,3)9-5-7-11(4)8-6-9;1-7(2)9-6-10-5-4-8(9)3/h11H,4-6,8-10H2,1-3H3;5-11H2,1-4H3;11H,5-10H2,1-4H3;10H,5-8H2,1-4H3;10,13H,4-9H2,1-3H3;4-6H,1-3H3;9H,5-8H2,1-4H3;4-7H,1-3H3. The van der Waals surface area contributed by atoms with E-state index in [-0.39, 0.29) is 11.3 Å². The van der Waals surface area contributed by atoms with Crippen LogP contribution in [0.3, 0.4) is 0 Å². The molecule has 6 aliphatic heterocycles. The Balaban J connectivity index is 0.000000572. The first-order valence-corrected chi connectivity index (χ1v) is 40.1. The zero-order valence-corrected chi connectivity index (χ0v) is 70.9. The van der Waals surface area contributed by atoms with Gasteiger partial charge in [0, 0.05) is 84.2 Å². The molecule has 7 heterocycles. The lowest BCUT2D eigenvalue weighted by atomic mass is 9.75. The first-order chi connectivity index (χ1) is 46.1. The summed E-state index contributed by atoms with van der Waals surface area (Å²) in [5.41, 5.74) is 6.03. The Bertz CT molecular complexity index is 2410. The number of hydrogen-bond donors (Lipinski definition) is 1. The minimum absolute atomic E-state index is 0.205. The highest BCUT2D eigenvalue weighted by Crippen LogP contribution is 2.38. The van der Waals surface area contributed by atoms with Crippen molar-refractivity contribution < 1.29 is 18.7 Å². The van der Waals surface area contributed by atoms with Crippen LogP contribution in [0.1, 0.15) is 286 Å². The topological polar surface area (TPSA) is 96.7 Å². The molecule has 0 atom stereocenters. The Morgan fingerprint density at radius 2 is 0.880 bits per heavy atom. The van der Waals surface area contributed by atoms with Crippen molar-refractivity contribution in [3.05, 3.63) is 65.0 Å². The van der Waals surface area contributed by atoms with Crippen LogP contribution in [0.15, 0.2) is 36.7 Å². The molecule has 0 unspecified atom stereocenters. The number of nitriles is 1. The number of carbonyl (C=O) groups is 1. The monoisotopic (exact) mass is 1400 g/mol. The molecular formula is C87H163F2N9O2. The van der Waals surface area contributed by atoms with Crippen molar-refractivity contribution >= 4 is 5.91 Å². The number of aliphatic hydroxyl groups excluding tert-OH is 1. The predicted octanol–water partition coefficient (Wildman–Crippen LogP) is 20.1. The molecule has 1 N–H and O–H groups in total. The van der Waals surface area contributed by atoms with Crippen LogP contribution >= 0.6 is 0 Å². The van der Waals surface area contributed by atoms with Crippen molar-refractivity contribution in [2.24, 2.45) is 62.1 Å². The molecule has 100 heavy (non-hydrogen) atoms. The Hall–Kier alpha value is -3.09. The number of halogens is 2. The fraction of sp³-hybridized carbons (Fsp3) is 0.851. The maximum Gasteiger partial charge on any atom is 0.219 e. The zero-order chi connectivity index (χ0) is 76.5. The lowest BCUT2D eigenvalue weighted by Gasteiger charge is -2.38. The first kappa shape index (κ1) is 94.9. The van der Waals surface area contributed by atoms with Gasteiger partial charge < -0.3 is 39.4 Å². The van der Waals surface area contributed by atoms with E-state index in [0.29, 0.717) is 57.0 Å². The summed E-state index contributed by atoms with van der Waals surface area (Å²) < 4.78 is 25.4. The van der Waals surface area contributed by atoms with E-state index in [0.717, 1.165) is 61.8 Å². The van der Waals surface area contributed by atoms with Crippen LogP contribution in [0.2, 0.25) is 0 Å². The van der Waals surface area contributed by atoms with E-state index < -0.39 is 11.6 Å². The lowest BCUT2D eigenvalue weighted by Crippen LogP contribution is -2.46. The second-order valence-electron chi connectivity index (χ2n) is 38.5. The number of aliphatic hydroxyl groups is 1. The van der Waals surface area contributed by atoms with Gasteiger partial charge in [-0.3, -0.25) is 9.78 Å². The highest BCUT2D eigenvalue weighted by atomic mass is 19.1. The minimum Gasteiger partial charge on any atom is -0.395 e. The number of likely N-dealkylation sites (N-methyl/N-ethyl adjacent to an activating group) is 1. The summed E-state index contributed by atoms with van der Waals surface area (Å²) in [6, 6.07) is 7.88. The molecule has 1 aromatic heterocycles. The van der Waals surface area contributed by atoms with Gasteiger partial charge in [-0.25, -0.2) is 8.78 Å². The number of piperazine rings is 1. The van der Waals surface area contributed by atoms with E-state index in [2.05, 4.69) is 213 Å². The van der Waals surface area contributed by atoms with Crippen molar-refractivity contribution in [2.45, 2.75) is 282 Å². The molecule has 11 nitrogen and oxygen atoms in total. The molecule has 8 rings (SSSR count). The maximum absolute atomic E-state index is 12.7. The second-order valence-corrected chi connectivity index (χ2v) is 38.5. The number of nitrogens with zero attached hydrogens (tertiary/aromatic N) is 9. The van der Waals surface area contributed by atoms with E-state index in [1.54, 1.807) is 6.92 Å². The molecule has 0 saturated carbocycles. The van der Waals surface area contributed by atoms with Gasteiger partial charge in [0.15, 0.2) is 0 Å². The summed E-state index contributed by atoms with van der Waals surface area (Å²) in [5, 5.41) is 17.3. The average Bonchev–Trinajstić information content (AvgIpc) is 0.863. The molecule has 582 valence electrons. The van der Waals surface area contributed by atoms with Gasteiger partial charge in [-0.15, -0.1) is 0 Å². The van der Waals surface area contributed by atoms with Gasteiger partial charge in [-0.1, -0.05) is 173 Å². The summed E-state index contributed by atoms with van der Waals surface area (Å²) in [7, 11) is 2.22. The van der Waals surface area contributed by atoms with Gasteiger partial charge in [-0.05, 0) is 271 Å². The highest BCUT2D eigenvalue weighted by Gasteiger charge is 2.33. The zero-order valence-electron chi connectivity index (χ0n) is 70.9. The first-order valence-electron chi connectivity index (χ1n) is 40.1. The van der Waals surface area contributed by atoms with Crippen LogP contribution in [0.5, 0.6) is 0 Å². The summed E-state index contributed by atoms with van der Waals surface area (Å²) in [6.07, 6.45) is 20.2. The smallest absolute Gasteiger partial charge is 0.219 e. The number of benzene rings is 1. The van der Waals surface area contributed by atoms with Crippen molar-refractivity contribution in [2.75, 3.05) is 138 Å². The van der Waals surface area contributed by atoms with Gasteiger partial charge in [0.05, 0.1) is 12.7 Å². The largest absolute Gasteiger partial charge is 0.395 e. The third kappa shape index (κ3) is 41.6. The summed E-state index contributed by atoms with van der Waals surface area (Å²) >= 11 is 0. The maximum atomic E-state index is 12.7. The molecule has 6 aliphatic rings. The molecule has 13 heteroatoms. The molecule has 0 radical (unpaired) electrons. The lowest BCUT2D eigenvalue weighted by molar-refractivity contribution is -0.130. The van der Waals surface area contributed by atoms with E-state index in [4.69, 9.17) is 10.4 Å². The molecule has 6 saturated heterocycles. The van der Waals surface area contributed by atoms with E-state index >= 15 is 0 Å². The Morgan fingerprint density at radius 1 is 0.530 bits per heavy atom. The van der Waals surface area contributed by atoms with Gasteiger partial charge in [-0.2, -0.15) is 5.26 Å².